The summed E-state index contributed by atoms with van der Waals surface area (Å²) in [5, 5.41) is 8.87. The molecule has 162 valence electrons. The third-order valence-electron chi connectivity index (χ3n) is 5.98. The van der Waals surface area contributed by atoms with Crippen molar-refractivity contribution in [2.75, 3.05) is 0 Å². The van der Waals surface area contributed by atoms with E-state index in [4.69, 9.17) is 9.57 Å². The molecule has 0 atom stereocenters. The second-order valence-electron chi connectivity index (χ2n) is 8.33. The van der Waals surface area contributed by atoms with Crippen LogP contribution in [-0.2, 0) is 18.5 Å². The highest BCUT2D eigenvalue weighted by molar-refractivity contribution is 6.01. The molecule has 0 saturated heterocycles. The van der Waals surface area contributed by atoms with Gasteiger partial charge in [-0.15, -0.1) is 0 Å². The zero-order valence-electron chi connectivity index (χ0n) is 18.7. The number of nitrogens with zero attached hydrogens (tertiary/aromatic N) is 3. The minimum atomic E-state index is 0.441. The summed E-state index contributed by atoms with van der Waals surface area (Å²) in [6.45, 7) is 4.32. The molecule has 0 radical (unpaired) electrons. The molecular weight excluding hydrogens is 386 g/mol. The number of ether oxygens (including phenoxy) is 1. The second kappa shape index (κ2) is 9.82. The van der Waals surface area contributed by atoms with Crippen molar-refractivity contribution in [3.8, 4) is 11.6 Å². The molecule has 0 spiro atoms. The van der Waals surface area contributed by atoms with Crippen molar-refractivity contribution >= 4 is 5.71 Å². The van der Waals surface area contributed by atoms with Crippen LogP contribution in [0.5, 0.6) is 11.6 Å². The molecule has 0 N–H and O–H groups in total. The summed E-state index contributed by atoms with van der Waals surface area (Å²) in [5.41, 5.74) is 5.04. The lowest BCUT2D eigenvalue weighted by Crippen LogP contribution is -2.04. The summed E-state index contributed by atoms with van der Waals surface area (Å²) >= 11 is 0. The van der Waals surface area contributed by atoms with E-state index < -0.39 is 0 Å². The Morgan fingerprint density at radius 3 is 2.45 bits per heavy atom. The fourth-order valence-electron chi connectivity index (χ4n) is 4.34. The summed E-state index contributed by atoms with van der Waals surface area (Å²) in [7, 11) is 1.87. The molecule has 0 amide bonds. The zero-order chi connectivity index (χ0) is 21.6. The van der Waals surface area contributed by atoms with Crippen LogP contribution in [0.4, 0.5) is 0 Å². The minimum Gasteiger partial charge on any atom is -0.439 e. The van der Waals surface area contributed by atoms with Crippen molar-refractivity contribution in [3.05, 3.63) is 77.0 Å². The van der Waals surface area contributed by atoms with Gasteiger partial charge in [-0.1, -0.05) is 66.9 Å². The van der Waals surface area contributed by atoms with Crippen LogP contribution in [-0.4, -0.2) is 15.5 Å². The van der Waals surface area contributed by atoms with Gasteiger partial charge in [0.15, 0.2) is 0 Å². The van der Waals surface area contributed by atoms with Gasteiger partial charge in [-0.05, 0) is 55.9 Å². The van der Waals surface area contributed by atoms with E-state index in [2.05, 4.69) is 34.5 Å². The van der Waals surface area contributed by atoms with E-state index in [1.807, 2.05) is 51.2 Å². The number of aromatic nitrogens is 2. The van der Waals surface area contributed by atoms with Gasteiger partial charge in [0.05, 0.1) is 17.0 Å². The van der Waals surface area contributed by atoms with Crippen LogP contribution in [0.15, 0.2) is 59.8 Å². The third kappa shape index (κ3) is 5.16. The average Bonchev–Trinajstić information content (AvgIpc) is 3.08. The number of rotatable bonds is 7. The zero-order valence-corrected chi connectivity index (χ0v) is 18.7. The summed E-state index contributed by atoms with van der Waals surface area (Å²) in [4.78, 5) is 5.69. The van der Waals surface area contributed by atoms with Crippen molar-refractivity contribution in [1.29, 1.82) is 0 Å². The van der Waals surface area contributed by atoms with E-state index in [0.717, 1.165) is 34.2 Å². The van der Waals surface area contributed by atoms with Crippen molar-refractivity contribution in [3.63, 3.8) is 0 Å². The van der Waals surface area contributed by atoms with Crippen LogP contribution in [0.25, 0.3) is 0 Å². The molecule has 0 aliphatic heterocycles. The summed E-state index contributed by atoms with van der Waals surface area (Å²) in [6.07, 6.45) is 6.73. The van der Waals surface area contributed by atoms with Gasteiger partial charge in [0, 0.05) is 7.05 Å². The molecule has 0 bridgehead atoms. The molecule has 3 aromatic rings. The van der Waals surface area contributed by atoms with Gasteiger partial charge >= 0.3 is 0 Å². The van der Waals surface area contributed by atoms with Gasteiger partial charge in [-0.2, -0.15) is 5.10 Å². The fourth-order valence-corrected chi connectivity index (χ4v) is 4.34. The topological polar surface area (TPSA) is 48.6 Å². The normalized spacial score (nSPS) is 15.1. The number of benzene rings is 2. The van der Waals surface area contributed by atoms with Crippen LogP contribution >= 0.6 is 0 Å². The largest absolute Gasteiger partial charge is 0.439 e. The Morgan fingerprint density at radius 2 is 1.74 bits per heavy atom. The smallest absolute Gasteiger partial charge is 0.227 e. The van der Waals surface area contributed by atoms with Gasteiger partial charge < -0.3 is 9.57 Å². The Bertz CT molecular complexity index is 1020. The quantitative estimate of drug-likeness (QED) is 0.325. The molecule has 1 heterocycles. The average molecular weight is 418 g/mol. The van der Waals surface area contributed by atoms with Gasteiger partial charge in [0.1, 0.15) is 12.4 Å². The molecule has 1 fully saturated rings. The molecular formula is C26H31N3O2. The van der Waals surface area contributed by atoms with Crippen LogP contribution in [0, 0.1) is 6.92 Å². The molecule has 5 heteroatoms. The van der Waals surface area contributed by atoms with E-state index >= 15 is 0 Å². The standard InChI is InChI=1S/C26H31N3O2/c1-19-25(26(29(3)27-19)31-24-12-8-5-9-13-24)20(2)28-30-18-21-14-16-23(17-15-21)22-10-6-4-7-11-22/h5,8-9,12-17,22H,4,6-7,10-11,18H2,1-3H3. The number of hydrogen-bond donors (Lipinski definition) is 0. The maximum absolute atomic E-state index is 6.08. The number of oxime groups is 1. The lowest BCUT2D eigenvalue weighted by Gasteiger charge is -2.22. The summed E-state index contributed by atoms with van der Waals surface area (Å²) in [5.74, 6) is 2.14. The first-order chi connectivity index (χ1) is 15.1. The highest BCUT2D eigenvalue weighted by Crippen LogP contribution is 2.32. The Balaban J connectivity index is 1.42. The lowest BCUT2D eigenvalue weighted by atomic mass is 9.84. The maximum atomic E-state index is 6.08. The van der Waals surface area contributed by atoms with Crippen LogP contribution in [0.1, 0.15) is 67.3 Å². The predicted octanol–water partition coefficient (Wildman–Crippen LogP) is 6.51. The highest BCUT2D eigenvalue weighted by atomic mass is 16.6. The first kappa shape index (κ1) is 21.2. The predicted molar refractivity (Wildman–Crippen MR) is 124 cm³/mol. The Hall–Kier alpha value is -3.08. The van der Waals surface area contributed by atoms with Gasteiger partial charge in [-0.25, -0.2) is 4.68 Å². The maximum Gasteiger partial charge on any atom is 0.227 e. The van der Waals surface area contributed by atoms with Crippen LogP contribution < -0.4 is 4.74 Å². The van der Waals surface area contributed by atoms with Crippen molar-refractivity contribution in [2.24, 2.45) is 12.2 Å². The third-order valence-corrected chi connectivity index (χ3v) is 5.98. The van der Waals surface area contributed by atoms with Gasteiger partial charge in [0.25, 0.3) is 0 Å². The van der Waals surface area contributed by atoms with E-state index in [0.29, 0.717) is 12.5 Å². The van der Waals surface area contributed by atoms with Gasteiger partial charge in [0.2, 0.25) is 5.88 Å². The molecule has 1 saturated carbocycles. The first-order valence-electron chi connectivity index (χ1n) is 11.1. The molecule has 2 aromatic carbocycles. The SMILES string of the molecule is CC(=NOCc1ccc(C2CCCCC2)cc1)c1c(C)nn(C)c1Oc1ccccc1. The molecule has 1 aromatic heterocycles. The molecule has 5 nitrogen and oxygen atoms in total. The monoisotopic (exact) mass is 417 g/mol. The molecule has 0 unspecified atom stereocenters. The lowest BCUT2D eigenvalue weighted by molar-refractivity contribution is 0.130. The highest BCUT2D eigenvalue weighted by Gasteiger charge is 2.19. The molecule has 4 rings (SSSR count). The van der Waals surface area contributed by atoms with Crippen molar-refractivity contribution < 1.29 is 9.57 Å². The fraction of sp³-hybridized carbons (Fsp3) is 0.385. The number of hydrogen-bond acceptors (Lipinski definition) is 4. The Labute approximate surface area is 184 Å². The second-order valence-corrected chi connectivity index (χ2v) is 8.33. The van der Waals surface area contributed by atoms with E-state index in [9.17, 15) is 0 Å². The molecule has 1 aliphatic rings. The van der Waals surface area contributed by atoms with Crippen molar-refractivity contribution in [2.45, 2.75) is 58.5 Å². The summed E-state index contributed by atoms with van der Waals surface area (Å²) in [6, 6.07) is 18.5. The van der Waals surface area contributed by atoms with E-state index in [1.54, 1.807) is 4.68 Å². The Kier molecular flexibility index (Phi) is 6.70. The van der Waals surface area contributed by atoms with Crippen LogP contribution in [0.2, 0.25) is 0 Å². The molecule has 1 aliphatic carbocycles. The van der Waals surface area contributed by atoms with Gasteiger partial charge in [-0.3, -0.25) is 0 Å². The first-order valence-corrected chi connectivity index (χ1v) is 11.1. The van der Waals surface area contributed by atoms with E-state index in [-0.39, 0.29) is 0 Å². The van der Waals surface area contributed by atoms with Crippen molar-refractivity contribution in [1.82, 2.24) is 9.78 Å². The minimum absolute atomic E-state index is 0.441. The van der Waals surface area contributed by atoms with Crippen LogP contribution in [0.3, 0.4) is 0 Å². The number of para-hydroxylation sites is 1. The Morgan fingerprint density at radius 1 is 1.03 bits per heavy atom. The number of aryl methyl sites for hydroxylation is 2. The van der Waals surface area contributed by atoms with E-state index in [1.165, 1.54) is 37.7 Å². The summed E-state index contributed by atoms with van der Waals surface area (Å²) < 4.78 is 7.82. The molecule has 31 heavy (non-hydrogen) atoms.